The molecule has 0 aliphatic rings. The second-order valence-electron chi connectivity index (χ2n) is 4.50. The first-order valence-electron chi connectivity index (χ1n) is 4.93. The summed E-state index contributed by atoms with van der Waals surface area (Å²) in [6.07, 6.45) is -3.88. The smallest absolute Gasteiger partial charge is 0.389 e. The maximum atomic E-state index is 12.0. The largest absolute Gasteiger partial charge is 0.598 e. The van der Waals surface area contributed by atoms with Crippen LogP contribution in [0.25, 0.3) is 0 Å². The molecule has 0 bridgehead atoms. The molecule has 6 heteroatoms. The van der Waals surface area contributed by atoms with Crippen molar-refractivity contribution < 1.29 is 17.7 Å². The fourth-order valence-corrected chi connectivity index (χ4v) is 1.70. The predicted octanol–water partition coefficient (Wildman–Crippen LogP) is 2.94. The van der Waals surface area contributed by atoms with Gasteiger partial charge >= 0.3 is 6.18 Å². The zero-order valence-electron chi connectivity index (χ0n) is 9.73. The highest BCUT2D eigenvalue weighted by atomic mass is 32.2. The Kier molecular flexibility index (Phi) is 5.86. The third-order valence-corrected chi connectivity index (χ3v) is 3.47. The molecular weight excluding hydrogens is 239 g/mol. The van der Waals surface area contributed by atoms with Crippen molar-refractivity contribution >= 4 is 11.4 Å². The van der Waals surface area contributed by atoms with E-state index < -0.39 is 34.7 Å². The lowest BCUT2D eigenvalue weighted by molar-refractivity contribution is -0.135. The summed E-state index contributed by atoms with van der Waals surface area (Å²) >= 11 is -1.38. The van der Waals surface area contributed by atoms with Crippen molar-refractivity contribution in [2.24, 2.45) is 0 Å². The van der Waals surface area contributed by atoms with Crippen molar-refractivity contribution in [2.45, 2.75) is 50.6 Å². The highest BCUT2D eigenvalue weighted by Crippen LogP contribution is 2.23. The molecule has 0 fully saturated rings. The van der Waals surface area contributed by atoms with Crippen molar-refractivity contribution in [3.8, 4) is 0 Å². The summed E-state index contributed by atoms with van der Waals surface area (Å²) in [4.78, 5) is 0. The minimum absolute atomic E-state index is 0.144. The molecule has 0 aliphatic carbocycles. The van der Waals surface area contributed by atoms with Gasteiger partial charge in [0, 0.05) is 17.8 Å². The monoisotopic (exact) mass is 257 g/mol. The standard InChI is InChI=1S/C10H18F3NOS/c1-5-8(6-7-10(11,12)13)14-16(15)9(2,3)4/h5,8,14H,1,6-7H2,2-4H3. The molecule has 0 rings (SSSR count). The lowest BCUT2D eigenvalue weighted by atomic mass is 10.2. The van der Waals surface area contributed by atoms with E-state index in [1.807, 2.05) is 0 Å². The van der Waals surface area contributed by atoms with Gasteiger partial charge in [0.25, 0.3) is 0 Å². The zero-order valence-corrected chi connectivity index (χ0v) is 10.5. The van der Waals surface area contributed by atoms with Gasteiger partial charge < -0.3 is 4.55 Å². The molecule has 1 N–H and O–H groups in total. The van der Waals surface area contributed by atoms with Crippen molar-refractivity contribution in [3.05, 3.63) is 12.7 Å². The molecule has 0 heterocycles. The van der Waals surface area contributed by atoms with Crippen LogP contribution >= 0.6 is 0 Å². The molecule has 0 aliphatic heterocycles. The van der Waals surface area contributed by atoms with E-state index in [1.165, 1.54) is 6.08 Å². The Morgan fingerprint density at radius 3 is 2.19 bits per heavy atom. The molecule has 0 radical (unpaired) electrons. The van der Waals surface area contributed by atoms with Crippen molar-refractivity contribution in [1.82, 2.24) is 4.72 Å². The Morgan fingerprint density at radius 1 is 1.38 bits per heavy atom. The SMILES string of the molecule is C=CC(CCC(F)(F)F)N[S+]([O-])C(C)(C)C. The van der Waals surface area contributed by atoms with Crippen molar-refractivity contribution in [2.75, 3.05) is 0 Å². The fourth-order valence-electron chi connectivity index (χ4n) is 0.858. The summed E-state index contributed by atoms with van der Waals surface area (Å²) in [6, 6.07) is -0.582. The van der Waals surface area contributed by atoms with Gasteiger partial charge in [-0.1, -0.05) is 6.08 Å². The second kappa shape index (κ2) is 5.93. The molecule has 96 valence electrons. The first-order chi connectivity index (χ1) is 7.06. The summed E-state index contributed by atoms with van der Waals surface area (Å²) in [6.45, 7) is 8.68. The van der Waals surface area contributed by atoms with E-state index in [4.69, 9.17) is 0 Å². The molecule has 0 spiro atoms. The molecule has 0 aromatic rings. The maximum Gasteiger partial charge on any atom is 0.389 e. The van der Waals surface area contributed by atoms with Crippen LogP contribution in [0.5, 0.6) is 0 Å². The Morgan fingerprint density at radius 2 is 1.88 bits per heavy atom. The van der Waals surface area contributed by atoms with Gasteiger partial charge in [-0.2, -0.15) is 13.2 Å². The first kappa shape index (κ1) is 15.8. The van der Waals surface area contributed by atoms with Crippen molar-refractivity contribution in [3.63, 3.8) is 0 Å². The summed E-state index contributed by atoms with van der Waals surface area (Å²) in [5.41, 5.74) is 0. The molecule has 2 nitrogen and oxygen atoms in total. The summed E-state index contributed by atoms with van der Waals surface area (Å²) in [5, 5.41) is 0. The zero-order chi connectivity index (χ0) is 13.0. The maximum absolute atomic E-state index is 12.0. The fraction of sp³-hybridized carbons (Fsp3) is 0.800. The topological polar surface area (TPSA) is 35.1 Å². The average molecular weight is 257 g/mol. The van der Waals surface area contributed by atoms with Crippen LogP contribution in [-0.2, 0) is 11.4 Å². The van der Waals surface area contributed by atoms with Gasteiger partial charge in [0.05, 0.1) is 6.04 Å². The van der Waals surface area contributed by atoms with Gasteiger partial charge in [-0.25, -0.2) is 0 Å². The Labute approximate surface area is 97.6 Å². The summed E-state index contributed by atoms with van der Waals surface area (Å²) in [5.74, 6) is 0. The van der Waals surface area contributed by atoms with Gasteiger partial charge in [0.1, 0.15) is 4.75 Å². The van der Waals surface area contributed by atoms with Crippen LogP contribution in [0.15, 0.2) is 12.7 Å². The van der Waals surface area contributed by atoms with Gasteiger partial charge in [-0.15, -0.1) is 11.3 Å². The van der Waals surface area contributed by atoms with Crippen LogP contribution in [0.3, 0.4) is 0 Å². The van der Waals surface area contributed by atoms with Crippen LogP contribution in [-0.4, -0.2) is 21.5 Å². The number of rotatable bonds is 5. The first-order valence-corrected chi connectivity index (χ1v) is 6.08. The van der Waals surface area contributed by atoms with Crippen molar-refractivity contribution in [1.29, 1.82) is 0 Å². The molecule has 16 heavy (non-hydrogen) atoms. The van der Waals surface area contributed by atoms with Gasteiger partial charge in [-0.05, 0) is 27.2 Å². The molecule has 2 atom stereocenters. The minimum Gasteiger partial charge on any atom is -0.598 e. The summed E-state index contributed by atoms with van der Waals surface area (Å²) in [7, 11) is 0. The van der Waals surface area contributed by atoms with E-state index in [2.05, 4.69) is 11.3 Å². The minimum atomic E-state index is -4.19. The normalized spacial score (nSPS) is 16.9. The van der Waals surface area contributed by atoms with E-state index in [1.54, 1.807) is 20.8 Å². The Bertz CT molecular complexity index is 225. The molecule has 0 saturated heterocycles. The summed E-state index contributed by atoms with van der Waals surface area (Å²) < 4.78 is 49.7. The van der Waals surface area contributed by atoms with Gasteiger partial charge in [-0.3, -0.25) is 0 Å². The highest BCUT2D eigenvalue weighted by Gasteiger charge is 2.31. The quantitative estimate of drug-likeness (QED) is 0.607. The van der Waals surface area contributed by atoms with E-state index in [0.717, 1.165) is 0 Å². The van der Waals surface area contributed by atoms with Crippen LogP contribution in [0.1, 0.15) is 33.6 Å². The predicted molar refractivity (Wildman–Crippen MR) is 60.3 cm³/mol. The molecule has 2 unspecified atom stereocenters. The molecule has 0 aromatic carbocycles. The molecular formula is C10H18F3NOS. The average Bonchev–Trinajstić information content (AvgIpc) is 2.08. The highest BCUT2D eigenvalue weighted by molar-refractivity contribution is 7.90. The number of halogens is 3. The van der Waals surface area contributed by atoms with E-state index in [9.17, 15) is 17.7 Å². The lowest BCUT2D eigenvalue weighted by Crippen LogP contribution is -2.44. The van der Waals surface area contributed by atoms with E-state index in [0.29, 0.717) is 0 Å². The number of alkyl halides is 3. The second-order valence-corrected chi connectivity index (χ2v) is 6.49. The van der Waals surface area contributed by atoms with Gasteiger partial charge in [0.2, 0.25) is 0 Å². The van der Waals surface area contributed by atoms with Gasteiger partial charge in [0.15, 0.2) is 0 Å². The molecule has 0 aromatic heterocycles. The number of nitrogens with one attached hydrogen (secondary N) is 1. The number of hydrogen-bond donors (Lipinski definition) is 1. The number of hydrogen-bond acceptors (Lipinski definition) is 2. The third kappa shape index (κ3) is 7.14. The Hall–Kier alpha value is -0.200. The van der Waals surface area contributed by atoms with Crippen LogP contribution in [0.4, 0.5) is 13.2 Å². The third-order valence-electron chi connectivity index (χ3n) is 1.84. The van der Waals surface area contributed by atoms with Crippen LogP contribution in [0.2, 0.25) is 0 Å². The van der Waals surface area contributed by atoms with E-state index in [-0.39, 0.29) is 6.42 Å². The van der Waals surface area contributed by atoms with Crippen LogP contribution < -0.4 is 4.72 Å². The van der Waals surface area contributed by atoms with E-state index >= 15 is 0 Å². The van der Waals surface area contributed by atoms with Crippen LogP contribution in [0, 0.1) is 0 Å². The molecule has 0 amide bonds. The Balaban J connectivity index is 4.17. The molecule has 0 saturated carbocycles. The lowest BCUT2D eigenvalue weighted by Gasteiger charge is -2.26.